The predicted molar refractivity (Wildman–Crippen MR) is 73.7 cm³/mol. The van der Waals surface area contributed by atoms with Crippen LogP contribution in [0.2, 0.25) is 0 Å². The van der Waals surface area contributed by atoms with Crippen LogP contribution < -0.4 is 10.1 Å². The smallest absolute Gasteiger partial charge is 0.133 e. The van der Waals surface area contributed by atoms with Crippen LogP contribution in [-0.4, -0.2) is 44.7 Å². The summed E-state index contributed by atoms with van der Waals surface area (Å²) in [7, 11) is 1.69. The molecule has 0 aromatic heterocycles. The molecule has 4 heteroatoms. The van der Waals surface area contributed by atoms with Gasteiger partial charge in [-0.25, -0.2) is 0 Å². The predicted octanol–water partition coefficient (Wildman–Crippen LogP) is 1.91. The lowest BCUT2D eigenvalue weighted by Gasteiger charge is -2.27. The van der Waals surface area contributed by atoms with Crippen molar-refractivity contribution in [2.75, 3.05) is 39.8 Å². The molecule has 1 aromatic carbocycles. The lowest BCUT2D eigenvalue weighted by Crippen LogP contribution is -2.44. The fourth-order valence-corrected chi connectivity index (χ4v) is 2.68. The molecular weight excluding hydrogens is 280 g/mol. The average molecular weight is 299 g/mol. The molecule has 1 saturated heterocycles. The molecule has 0 unspecified atom stereocenters. The second-order valence-electron chi connectivity index (χ2n) is 4.31. The molecule has 0 saturated carbocycles. The Hall–Kier alpha value is -0.580. The normalized spacial score (nSPS) is 17.1. The molecule has 0 spiro atoms. The summed E-state index contributed by atoms with van der Waals surface area (Å²) in [5, 5.41) is 3.37. The van der Waals surface area contributed by atoms with Gasteiger partial charge < -0.3 is 15.0 Å². The molecule has 1 N–H and O–H groups in total. The van der Waals surface area contributed by atoms with Gasteiger partial charge in [0.15, 0.2) is 0 Å². The van der Waals surface area contributed by atoms with E-state index in [4.69, 9.17) is 4.74 Å². The van der Waals surface area contributed by atoms with Gasteiger partial charge in [0.25, 0.3) is 0 Å². The molecule has 2 rings (SSSR count). The molecule has 0 atom stereocenters. The Bertz CT molecular complexity index is 364. The lowest BCUT2D eigenvalue weighted by atomic mass is 10.1. The van der Waals surface area contributed by atoms with Crippen molar-refractivity contribution >= 4 is 15.9 Å². The maximum absolute atomic E-state index is 5.23. The lowest BCUT2D eigenvalue weighted by molar-refractivity contribution is 0.244. The van der Waals surface area contributed by atoms with Gasteiger partial charge in [0.05, 0.1) is 11.6 Å². The highest BCUT2D eigenvalue weighted by molar-refractivity contribution is 9.10. The van der Waals surface area contributed by atoms with Crippen LogP contribution in [0.3, 0.4) is 0 Å². The van der Waals surface area contributed by atoms with Gasteiger partial charge in [0, 0.05) is 32.7 Å². The van der Waals surface area contributed by atoms with Crippen LogP contribution >= 0.6 is 15.9 Å². The Labute approximate surface area is 111 Å². The number of hydrogen-bond donors (Lipinski definition) is 1. The van der Waals surface area contributed by atoms with Crippen molar-refractivity contribution in [1.82, 2.24) is 10.2 Å². The van der Waals surface area contributed by atoms with E-state index in [9.17, 15) is 0 Å². The van der Waals surface area contributed by atoms with Crippen molar-refractivity contribution in [2.24, 2.45) is 0 Å². The summed E-state index contributed by atoms with van der Waals surface area (Å²) in [6.45, 7) is 5.70. The largest absolute Gasteiger partial charge is 0.496 e. The van der Waals surface area contributed by atoms with Crippen LogP contribution in [-0.2, 0) is 6.42 Å². The number of methoxy groups -OCH3 is 1. The molecule has 0 aliphatic carbocycles. The molecule has 1 heterocycles. The first-order chi connectivity index (χ1) is 8.29. The van der Waals surface area contributed by atoms with Crippen molar-refractivity contribution in [3.63, 3.8) is 0 Å². The zero-order valence-electron chi connectivity index (χ0n) is 10.2. The summed E-state index contributed by atoms with van der Waals surface area (Å²) in [6, 6.07) is 6.32. The fourth-order valence-electron chi connectivity index (χ4n) is 2.09. The maximum atomic E-state index is 5.23. The minimum atomic E-state index is 0.899. The Kier molecular flexibility index (Phi) is 4.83. The van der Waals surface area contributed by atoms with E-state index in [1.165, 1.54) is 5.56 Å². The van der Waals surface area contributed by atoms with Gasteiger partial charge in [0.1, 0.15) is 5.75 Å². The Morgan fingerprint density at radius 1 is 1.35 bits per heavy atom. The molecule has 1 aromatic rings. The third-order valence-electron chi connectivity index (χ3n) is 3.14. The quantitative estimate of drug-likeness (QED) is 0.919. The van der Waals surface area contributed by atoms with Crippen molar-refractivity contribution in [2.45, 2.75) is 6.42 Å². The summed E-state index contributed by atoms with van der Waals surface area (Å²) in [6.07, 6.45) is 1.10. The van der Waals surface area contributed by atoms with E-state index in [1.807, 2.05) is 6.07 Å². The minimum Gasteiger partial charge on any atom is -0.496 e. The van der Waals surface area contributed by atoms with Crippen molar-refractivity contribution < 1.29 is 4.74 Å². The van der Waals surface area contributed by atoms with Gasteiger partial charge in [-0.05, 0) is 40.0 Å². The van der Waals surface area contributed by atoms with Crippen molar-refractivity contribution in [3.8, 4) is 5.75 Å². The number of benzene rings is 1. The van der Waals surface area contributed by atoms with Gasteiger partial charge in [-0.2, -0.15) is 0 Å². The van der Waals surface area contributed by atoms with Crippen LogP contribution in [0.4, 0.5) is 0 Å². The topological polar surface area (TPSA) is 24.5 Å². The van der Waals surface area contributed by atoms with Crippen LogP contribution in [0.5, 0.6) is 5.75 Å². The van der Waals surface area contributed by atoms with Crippen LogP contribution in [0.25, 0.3) is 0 Å². The first kappa shape index (κ1) is 12.9. The number of nitrogens with zero attached hydrogens (tertiary/aromatic N) is 1. The Morgan fingerprint density at radius 3 is 2.76 bits per heavy atom. The van der Waals surface area contributed by atoms with E-state index in [-0.39, 0.29) is 0 Å². The monoisotopic (exact) mass is 298 g/mol. The molecule has 1 aliphatic rings. The molecule has 3 nitrogen and oxygen atoms in total. The highest BCUT2D eigenvalue weighted by Crippen LogP contribution is 2.25. The van der Waals surface area contributed by atoms with Crippen LogP contribution in [0.15, 0.2) is 22.7 Å². The number of hydrogen-bond acceptors (Lipinski definition) is 3. The van der Waals surface area contributed by atoms with E-state index < -0.39 is 0 Å². The number of halogens is 1. The minimum absolute atomic E-state index is 0.899. The SMILES string of the molecule is COc1ccc(CCN2CCNCC2)cc1Br. The second-order valence-corrected chi connectivity index (χ2v) is 5.16. The molecule has 0 radical (unpaired) electrons. The summed E-state index contributed by atoms with van der Waals surface area (Å²) in [5.74, 6) is 0.899. The zero-order chi connectivity index (χ0) is 12.1. The molecule has 0 amide bonds. The summed E-state index contributed by atoms with van der Waals surface area (Å²) >= 11 is 3.52. The maximum Gasteiger partial charge on any atom is 0.133 e. The Morgan fingerprint density at radius 2 is 2.12 bits per heavy atom. The number of piperazine rings is 1. The molecule has 0 bridgehead atoms. The molecule has 17 heavy (non-hydrogen) atoms. The van der Waals surface area contributed by atoms with Gasteiger partial charge in [-0.3, -0.25) is 0 Å². The van der Waals surface area contributed by atoms with Crippen LogP contribution in [0.1, 0.15) is 5.56 Å². The standard InChI is InChI=1S/C13H19BrN2O/c1-17-13-3-2-11(10-12(13)14)4-7-16-8-5-15-6-9-16/h2-3,10,15H,4-9H2,1H3. The van der Waals surface area contributed by atoms with E-state index >= 15 is 0 Å². The van der Waals surface area contributed by atoms with Gasteiger partial charge >= 0.3 is 0 Å². The first-order valence-electron chi connectivity index (χ1n) is 6.05. The van der Waals surface area contributed by atoms with E-state index in [2.05, 4.69) is 38.3 Å². The van der Waals surface area contributed by atoms with Crippen molar-refractivity contribution in [3.05, 3.63) is 28.2 Å². The summed E-state index contributed by atoms with van der Waals surface area (Å²) < 4.78 is 6.27. The molecule has 94 valence electrons. The first-order valence-corrected chi connectivity index (χ1v) is 6.84. The third kappa shape index (κ3) is 3.69. The van der Waals surface area contributed by atoms with Gasteiger partial charge in [-0.1, -0.05) is 6.07 Å². The van der Waals surface area contributed by atoms with E-state index in [1.54, 1.807) is 7.11 Å². The second kappa shape index (κ2) is 6.38. The number of ether oxygens (including phenoxy) is 1. The third-order valence-corrected chi connectivity index (χ3v) is 3.76. The molecule has 1 fully saturated rings. The summed E-state index contributed by atoms with van der Waals surface area (Å²) in [5.41, 5.74) is 1.36. The molecular formula is C13H19BrN2O. The number of nitrogens with one attached hydrogen (secondary N) is 1. The zero-order valence-corrected chi connectivity index (χ0v) is 11.8. The number of rotatable bonds is 4. The van der Waals surface area contributed by atoms with E-state index in [0.717, 1.165) is 49.4 Å². The van der Waals surface area contributed by atoms with Gasteiger partial charge in [-0.15, -0.1) is 0 Å². The summed E-state index contributed by atoms with van der Waals surface area (Å²) in [4.78, 5) is 2.51. The molecule has 1 aliphatic heterocycles. The van der Waals surface area contributed by atoms with Crippen molar-refractivity contribution in [1.29, 1.82) is 0 Å². The average Bonchev–Trinajstić information content (AvgIpc) is 2.38. The van der Waals surface area contributed by atoms with E-state index in [0.29, 0.717) is 0 Å². The highest BCUT2D eigenvalue weighted by Gasteiger charge is 2.09. The van der Waals surface area contributed by atoms with Crippen LogP contribution in [0, 0.1) is 0 Å². The fraction of sp³-hybridized carbons (Fsp3) is 0.538. The Balaban J connectivity index is 1.87. The van der Waals surface area contributed by atoms with Gasteiger partial charge in [0.2, 0.25) is 0 Å². The highest BCUT2D eigenvalue weighted by atomic mass is 79.9.